The van der Waals surface area contributed by atoms with E-state index in [1.165, 1.54) is 19.3 Å². The van der Waals surface area contributed by atoms with E-state index in [0.29, 0.717) is 11.7 Å². The van der Waals surface area contributed by atoms with Crippen molar-refractivity contribution in [2.45, 2.75) is 89.4 Å². The van der Waals surface area contributed by atoms with Gasteiger partial charge in [0.1, 0.15) is 0 Å². The molecule has 0 N–H and O–H groups in total. The van der Waals surface area contributed by atoms with Gasteiger partial charge in [0, 0.05) is 11.5 Å². The summed E-state index contributed by atoms with van der Waals surface area (Å²) < 4.78 is 0. The van der Waals surface area contributed by atoms with Crippen LogP contribution in [0, 0.1) is 17.8 Å². The predicted octanol–water partition coefficient (Wildman–Crippen LogP) is 7.35. The molecule has 26 heavy (non-hydrogen) atoms. The van der Waals surface area contributed by atoms with Crippen molar-refractivity contribution in [2.24, 2.45) is 17.8 Å². The van der Waals surface area contributed by atoms with Crippen molar-refractivity contribution in [3.8, 4) is 0 Å². The van der Waals surface area contributed by atoms with Crippen molar-refractivity contribution in [3.63, 3.8) is 0 Å². The van der Waals surface area contributed by atoms with E-state index in [9.17, 15) is 4.79 Å². The SMILES string of the molecule is CC(C)[Si](C(C)C)(C(C)C)[C@@H]1[C@@H]2CCC[C@H]1[C@H](C(=O)c1ccccc1)C2. The summed E-state index contributed by atoms with van der Waals surface area (Å²) in [5.74, 6) is 2.15. The molecule has 2 saturated carbocycles. The third-order valence-electron chi connectivity index (χ3n) is 8.13. The van der Waals surface area contributed by atoms with E-state index in [0.717, 1.165) is 40.1 Å². The minimum atomic E-state index is -1.53. The number of ketones is 1. The van der Waals surface area contributed by atoms with Crippen molar-refractivity contribution in [1.82, 2.24) is 0 Å². The summed E-state index contributed by atoms with van der Waals surface area (Å²) in [7, 11) is -1.53. The van der Waals surface area contributed by atoms with Crippen molar-refractivity contribution >= 4 is 13.9 Å². The molecule has 2 heteroatoms. The number of fused-ring (bicyclic) bond motifs is 2. The van der Waals surface area contributed by atoms with E-state index >= 15 is 0 Å². The Bertz CT molecular complexity index is 597. The van der Waals surface area contributed by atoms with E-state index in [-0.39, 0.29) is 5.92 Å². The molecule has 0 aliphatic heterocycles. The summed E-state index contributed by atoms with van der Waals surface area (Å²) in [6.07, 6.45) is 5.14. The fraction of sp³-hybridized carbons (Fsp3) is 0.708. The standard InChI is InChI=1S/C24H38OSi/c1-16(2)26(17(3)4,18(5)6)24-20-13-10-14-21(24)22(15-20)23(25)19-11-8-7-9-12-19/h7-9,11-12,16-18,20-22,24H,10,13-15H2,1-6H3/t20-,21+,22-,24-/m1/s1. The van der Waals surface area contributed by atoms with Gasteiger partial charge in [-0.3, -0.25) is 4.79 Å². The molecule has 1 aromatic rings. The third-order valence-corrected chi connectivity index (χ3v) is 16.2. The number of benzene rings is 1. The zero-order chi connectivity index (χ0) is 19.1. The van der Waals surface area contributed by atoms with Gasteiger partial charge in [-0.1, -0.05) is 101 Å². The summed E-state index contributed by atoms with van der Waals surface area (Å²) >= 11 is 0. The average Bonchev–Trinajstić information content (AvgIpc) is 2.81. The highest BCUT2D eigenvalue weighted by Crippen LogP contribution is 2.65. The molecule has 0 radical (unpaired) electrons. The highest BCUT2D eigenvalue weighted by atomic mass is 28.3. The van der Waals surface area contributed by atoms with Gasteiger partial charge in [-0.05, 0) is 30.2 Å². The summed E-state index contributed by atoms with van der Waals surface area (Å²) in [4.78, 5) is 13.4. The van der Waals surface area contributed by atoms with Crippen LogP contribution in [-0.2, 0) is 0 Å². The molecule has 4 atom stereocenters. The van der Waals surface area contributed by atoms with Gasteiger partial charge >= 0.3 is 0 Å². The van der Waals surface area contributed by atoms with Gasteiger partial charge in [-0.25, -0.2) is 0 Å². The Morgan fingerprint density at radius 1 is 0.923 bits per heavy atom. The Hall–Kier alpha value is -0.893. The monoisotopic (exact) mass is 370 g/mol. The molecule has 0 unspecified atom stereocenters. The lowest BCUT2D eigenvalue weighted by atomic mass is 9.83. The lowest BCUT2D eigenvalue weighted by Crippen LogP contribution is -2.53. The van der Waals surface area contributed by atoms with Crippen LogP contribution in [0.25, 0.3) is 0 Å². The zero-order valence-electron chi connectivity index (χ0n) is 17.7. The molecule has 2 bridgehead atoms. The molecule has 2 aliphatic rings. The van der Waals surface area contributed by atoms with Crippen LogP contribution in [0.3, 0.4) is 0 Å². The average molecular weight is 371 g/mol. The van der Waals surface area contributed by atoms with Crippen LogP contribution in [0.4, 0.5) is 0 Å². The molecule has 144 valence electrons. The first-order valence-corrected chi connectivity index (χ1v) is 13.2. The summed E-state index contributed by atoms with van der Waals surface area (Å²) in [6.45, 7) is 15.0. The molecule has 0 amide bonds. The quantitative estimate of drug-likeness (QED) is 0.378. The topological polar surface area (TPSA) is 17.1 Å². The number of Topliss-reactive ketones (excluding diaryl/α,β-unsaturated/α-hetero) is 1. The molecule has 3 rings (SSSR count). The first-order valence-electron chi connectivity index (χ1n) is 10.9. The van der Waals surface area contributed by atoms with Crippen molar-refractivity contribution in [1.29, 1.82) is 0 Å². The Labute approximate surface area is 162 Å². The van der Waals surface area contributed by atoms with Crippen LogP contribution in [0.1, 0.15) is 77.6 Å². The second-order valence-corrected chi connectivity index (χ2v) is 16.0. The molecule has 0 heterocycles. The number of hydrogen-bond acceptors (Lipinski definition) is 1. The van der Waals surface area contributed by atoms with Crippen molar-refractivity contribution in [3.05, 3.63) is 35.9 Å². The van der Waals surface area contributed by atoms with Crippen LogP contribution in [0.5, 0.6) is 0 Å². The van der Waals surface area contributed by atoms with Gasteiger partial charge in [-0.15, -0.1) is 0 Å². The summed E-state index contributed by atoms with van der Waals surface area (Å²) in [5, 5.41) is 0. The van der Waals surface area contributed by atoms with Crippen LogP contribution in [0.15, 0.2) is 30.3 Å². The number of hydrogen-bond donors (Lipinski definition) is 0. The van der Waals surface area contributed by atoms with E-state index in [1.54, 1.807) is 0 Å². The fourth-order valence-electron chi connectivity index (χ4n) is 7.59. The van der Waals surface area contributed by atoms with E-state index in [1.807, 2.05) is 30.3 Å². The Balaban J connectivity index is 2.00. The maximum atomic E-state index is 13.4. The second-order valence-electron chi connectivity index (χ2n) is 9.92. The van der Waals surface area contributed by atoms with E-state index in [4.69, 9.17) is 0 Å². The molecule has 2 fully saturated rings. The second kappa shape index (κ2) is 7.62. The van der Waals surface area contributed by atoms with Gasteiger partial charge < -0.3 is 0 Å². The fourth-order valence-corrected chi connectivity index (χ4v) is 16.2. The number of rotatable bonds is 6. The minimum Gasteiger partial charge on any atom is -0.294 e. The Kier molecular flexibility index (Phi) is 5.82. The minimum absolute atomic E-state index is 0.276. The summed E-state index contributed by atoms with van der Waals surface area (Å²) in [5.41, 5.74) is 4.16. The molecule has 0 spiro atoms. The van der Waals surface area contributed by atoms with E-state index in [2.05, 4.69) is 41.5 Å². The predicted molar refractivity (Wildman–Crippen MR) is 115 cm³/mol. The molecule has 2 aliphatic carbocycles. The van der Waals surface area contributed by atoms with Crippen molar-refractivity contribution < 1.29 is 4.79 Å². The van der Waals surface area contributed by atoms with Crippen LogP contribution < -0.4 is 0 Å². The van der Waals surface area contributed by atoms with Gasteiger partial charge in [0.15, 0.2) is 5.78 Å². The van der Waals surface area contributed by atoms with Crippen LogP contribution in [0.2, 0.25) is 22.2 Å². The smallest absolute Gasteiger partial charge is 0.166 e. The molecular formula is C24H38OSi. The Morgan fingerprint density at radius 3 is 2.04 bits per heavy atom. The molecule has 1 nitrogen and oxygen atoms in total. The number of carbonyl (C=O) groups excluding carboxylic acids is 1. The molecule has 1 aromatic carbocycles. The number of carbonyl (C=O) groups is 1. The largest absolute Gasteiger partial charge is 0.294 e. The van der Waals surface area contributed by atoms with Crippen LogP contribution >= 0.6 is 0 Å². The lowest BCUT2D eigenvalue weighted by molar-refractivity contribution is 0.0887. The van der Waals surface area contributed by atoms with Gasteiger partial charge in [0.25, 0.3) is 0 Å². The third kappa shape index (κ3) is 3.02. The maximum absolute atomic E-state index is 13.4. The molecule has 0 saturated heterocycles. The van der Waals surface area contributed by atoms with Crippen molar-refractivity contribution in [2.75, 3.05) is 0 Å². The first kappa shape index (κ1) is 19.9. The highest BCUT2D eigenvalue weighted by Gasteiger charge is 2.60. The zero-order valence-corrected chi connectivity index (χ0v) is 18.7. The van der Waals surface area contributed by atoms with E-state index < -0.39 is 8.07 Å². The van der Waals surface area contributed by atoms with Gasteiger partial charge in [0.05, 0.1) is 8.07 Å². The lowest BCUT2D eigenvalue weighted by Gasteiger charge is -2.53. The Morgan fingerprint density at radius 2 is 1.50 bits per heavy atom. The van der Waals surface area contributed by atoms with Gasteiger partial charge in [-0.2, -0.15) is 0 Å². The highest BCUT2D eigenvalue weighted by molar-refractivity contribution is 6.85. The normalized spacial score (nSPS) is 29.0. The van der Waals surface area contributed by atoms with Gasteiger partial charge in [0.2, 0.25) is 0 Å². The molecule has 0 aromatic heterocycles. The van der Waals surface area contributed by atoms with Crippen LogP contribution in [-0.4, -0.2) is 13.9 Å². The first-order chi connectivity index (χ1) is 12.3. The molecular weight excluding hydrogens is 332 g/mol. The summed E-state index contributed by atoms with van der Waals surface area (Å²) in [6, 6.07) is 10.1. The maximum Gasteiger partial charge on any atom is 0.166 e.